The fourth-order valence-corrected chi connectivity index (χ4v) is 3.95. The van der Waals surface area contributed by atoms with Gasteiger partial charge in [-0.25, -0.2) is 25.9 Å². The number of pyridine rings is 1. The minimum Gasteiger partial charge on any atom is -0.381 e. The van der Waals surface area contributed by atoms with Gasteiger partial charge in [0.05, 0.1) is 42.3 Å². The molecule has 1 unspecified atom stereocenters. The van der Waals surface area contributed by atoms with Crippen molar-refractivity contribution in [1.29, 1.82) is 0 Å². The number of halogens is 1. The van der Waals surface area contributed by atoms with Crippen LogP contribution in [0.1, 0.15) is 17.5 Å². The third-order valence-electron chi connectivity index (χ3n) is 5.63. The summed E-state index contributed by atoms with van der Waals surface area (Å²) in [7, 11) is 1.87. The first-order valence-electron chi connectivity index (χ1n) is 10.6. The first kappa shape index (κ1) is 22.8. The van der Waals surface area contributed by atoms with E-state index >= 15 is 0 Å². The second-order valence-electron chi connectivity index (χ2n) is 7.97. The highest BCUT2D eigenvalue weighted by molar-refractivity contribution is 7.80. The van der Waals surface area contributed by atoms with E-state index < -0.39 is 0 Å². The van der Waals surface area contributed by atoms with Crippen LogP contribution in [0.15, 0.2) is 35.8 Å². The average molecular weight is 466 g/mol. The lowest BCUT2D eigenvalue weighted by Crippen LogP contribution is -2.35. The zero-order valence-electron chi connectivity index (χ0n) is 18.2. The van der Waals surface area contributed by atoms with Crippen LogP contribution in [-0.4, -0.2) is 57.2 Å². The Balaban J connectivity index is 1.78. The predicted octanol–water partition coefficient (Wildman–Crippen LogP) is 3.15. The number of fused-ring (bicyclic) bond motifs is 1. The van der Waals surface area contributed by atoms with Crippen molar-refractivity contribution in [1.82, 2.24) is 19.5 Å². The summed E-state index contributed by atoms with van der Waals surface area (Å²) in [6, 6.07) is 5.04. The summed E-state index contributed by atoms with van der Waals surface area (Å²) in [5, 5.41) is 7.06. The normalized spacial score (nSPS) is 15.8. The van der Waals surface area contributed by atoms with E-state index in [9.17, 15) is 4.39 Å². The molecular formula is C23H24FN7OS. The van der Waals surface area contributed by atoms with Crippen molar-refractivity contribution in [2.75, 3.05) is 26.3 Å². The molecule has 0 bridgehead atoms. The maximum absolute atomic E-state index is 14.7. The van der Waals surface area contributed by atoms with Gasteiger partial charge in [0.25, 0.3) is 0 Å². The number of nitrogens with two attached hydrogens (primary N) is 1. The Morgan fingerprint density at radius 3 is 3.00 bits per heavy atom. The highest BCUT2D eigenvalue weighted by atomic mass is 32.1. The van der Waals surface area contributed by atoms with E-state index in [0.717, 1.165) is 29.7 Å². The molecule has 0 radical (unpaired) electrons. The summed E-state index contributed by atoms with van der Waals surface area (Å²) >= 11 is 5.20. The van der Waals surface area contributed by atoms with Crippen LogP contribution in [0.25, 0.3) is 27.1 Å². The van der Waals surface area contributed by atoms with E-state index in [1.807, 2.05) is 17.7 Å². The molecular weight excluding hydrogens is 441 g/mol. The molecule has 0 saturated carbocycles. The second-order valence-corrected chi connectivity index (χ2v) is 8.39. The maximum Gasteiger partial charge on any atom is 0.218 e. The average Bonchev–Trinajstić information content (AvgIpc) is 3.46. The maximum atomic E-state index is 14.7. The molecule has 0 spiro atoms. The van der Waals surface area contributed by atoms with Crippen LogP contribution in [0.4, 0.5) is 4.39 Å². The molecule has 4 rings (SSSR count). The van der Waals surface area contributed by atoms with Crippen molar-refractivity contribution in [3.8, 4) is 11.4 Å². The first-order chi connectivity index (χ1) is 16.0. The summed E-state index contributed by atoms with van der Waals surface area (Å²) in [5.74, 6) is -0.0770. The SMILES string of the molecule is [C-]#[N+]CCc1cc2c(/C=N/N(CC3CCOC3)C(N)=S)cc(-c3cncn3C)nc2cc1F. The highest BCUT2D eigenvalue weighted by Gasteiger charge is 2.20. The van der Waals surface area contributed by atoms with Crippen LogP contribution in [0, 0.1) is 18.3 Å². The first-order valence-corrected chi connectivity index (χ1v) is 11.0. The molecule has 170 valence electrons. The van der Waals surface area contributed by atoms with Gasteiger partial charge in [-0.2, -0.15) is 5.10 Å². The van der Waals surface area contributed by atoms with E-state index in [0.29, 0.717) is 42.3 Å². The number of hydrazone groups is 1. The van der Waals surface area contributed by atoms with E-state index in [4.69, 9.17) is 29.3 Å². The molecule has 8 nitrogen and oxygen atoms in total. The molecule has 2 N–H and O–H groups in total. The molecule has 2 aromatic heterocycles. The van der Waals surface area contributed by atoms with E-state index in [1.165, 1.54) is 6.07 Å². The van der Waals surface area contributed by atoms with Crippen molar-refractivity contribution in [2.24, 2.45) is 23.8 Å². The standard InChI is InChI=1S/C23H24FN7OS/c1-26-5-3-16-7-18-17(10-28-31(23(25)33)12-15-4-6-32-13-15)8-21(22-11-27-14-30(22)2)29-20(18)9-19(16)24/h7-11,14-15H,3-6,12-13H2,2H3,(H2,25,33)/b28-10+. The molecule has 1 aliphatic rings. The quantitative estimate of drug-likeness (QED) is 0.250. The molecule has 33 heavy (non-hydrogen) atoms. The lowest BCUT2D eigenvalue weighted by Gasteiger charge is -2.20. The number of nitrogens with zero attached hydrogens (tertiary/aromatic N) is 6. The summed E-state index contributed by atoms with van der Waals surface area (Å²) in [6.07, 6.45) is 6.32. The van der Waals surface area contributed by atoms with Crippen LogP contribution >= 0.6 is 12.2 Å². The van der Waals surface area contributed by atoms with E-state index in [-0.39, 0.29) is 17.5 Å². The summed E-state index contributed by atoms with van der Waals surface area (Å²) < 4.78 is 22.0. The molecule has 3 aromatic rings. The van der Waals surface area contributed by atoms with Gasteiger partial charge in [-0.3, -0.25) is 0 Å². The summed E-state index contributed by atoms with van der Waals surface area (Å²) in [4.78, 5) is 12.2. The zero-order chi connectivity index (χ0) is 23.4. The van der Waals surface area contributed by atoms with Gasteiger partial charge >= 0.3 is 0 Å². The molecule has 1 atom stereocenters. The van der Waals surface area contributed by atoms with Gasteiger partial charge in [0.15, 0.2) is 5.11 Å². The van der Waals surface area contributed by atoms with Gasteiger partial charge in [-0.15, -0.1) is 0 Å². The van der Waals surface area contributed by atoms with Crippen LogP contribution in [-0.2, 0) is 18.2 Å². The molecule has 1 saturated heterocycles. The van der Waals surface area contributed by atoms with Gasteiger partial charge in [-0.1, -0.05) is 0 Å². The number of aryl methyl sites for hydroxylation is 1. The Morgan fingerprint density at radius 2 is 2.33 bits per heavy atom. The number of rotatable bonds is 7. The van der Waals surface area contributed by atoms with Crippen LogP contribution in [0.5, 0.6) is 0 Å². The number of hydrogen-bond donors (Lipinski definition) is 1. The Hall–Kier alpha value is -3.42. The molecule has 1 aliphatic heterocycles. The summed E-state index contributed by atoms with van der Waals surface area (Å²) in [6.45, 7) is 9.18. The topological polar surface area (TPSA) is 85.9 Å². The van der Waals surface area contributed by atoms with Gasteiger partial charge < -0.3 is 19.9 Å². The number of imidazole rings is 1. The van der Waals surface area contributed by atoms with Crippen molar-refractivity contribution in [3.05, 3.63) is 59.1 Å². The Kier molecular flexibility index (Phi) is 6.91. The molecule has 0 amide bonds. The van der Waals surface area contributed by atoms with Crippen molar-refractivity contribution in [2.45, 2.75) is 12.8 Å². The highest BCUT2D eigenvalue weighted by Crippen LogP contribution is 2.26. The Labute approximate surface area is 196 Å². The number of hydrogen-bond acceptors (Lipinski definition) is 5. The smallest absolute Gasteiger partial charge is 0.218 e. The van der Waals surface area contributed by atoms with Gasteiger partial charge in [0.1, 0.15) is 5.82 Å². The number of thiocarbonyl (C=S) groups is 1. The number of ether oxygens (including phenoxy) is 1. The van der Waals surface area contributed by atoms with E-state index in [2.05, 4.69) is 19.9 Å². The van der Waals surface area contributed by atoms with Crippen molar-refractivity contribution in [3.63, 3.8) is 0 Å². The molecule has 1 aromatic carbocycles. The third kappa shape index (κ3) is 5.16. The van der Waals surface area contributed by atoms with Gasteiger partial charge in [0.2, 0.25) is 6.54 Å². The minimum absolute atomic E-state index is 0.173. The predicted molar refractivity (Wildman–Crippen MR) is 129 cm³/mol. The molecule has 3 heterocycles. The van der Waals surface area contributed by atoms with Crippen LogP contribution < -0.4 is 5.73 Å². The zero-order valence-corrected chi connectivity index (χ0v) is 19.1. The fourth-order valence-electron chi connectivity index (χ4n) is 3.83. The monoisotopic (exact) mass is 465 g/mol. The Morgan fingerprint density at radius 1 is 1.48 bits per heavy atom. The lowest BCUT2D eigenvalue weighted by molar-refractivity contribution is 0.180. The Bertz CT molecular complexity index is 1240. The minimum atomic E-state index is -0.380. The van der Waals surface area contributed by atoms with Crippen LogP contribution in [0.2, 0.25) is 0 Å². The van der Waals surface area contributed by atoms with Gasteiger partial charge in [0, 0.05) is 49.6 Å². The van der Waals surface area contributed by atoms with Crippen molar-refractivity contribution >= 4 is 34.4 Å². The lowest BCUT2D eigenvalue weighted by atomic mass is 10.0. The molecule has 10 heteroatoms. The van der Waals surface area contributed by atoms with E-state index in [1.54, 1.807) is 29.8 Å². The number of aromatic nitrogens is 3. The summed E-state index contributed by atoms with van der Waals surface area (Å²) in [5.41, 5.74) is 9.05. The van der Waals surface area contributed by atoms with Crippen molar-refractivity contribution < 1.29 is 9.13 Å². The molecule has 0 aliphatic carbocycles. The van der Waals surface area contributed by atoms with Gasteiger partial charge in [-0.05, 0) is 36.3 Å². The molecule has 1 fully saturated rings. The third-order valence-corrected chi connectivity index (χ3v) is 5.84. The largest absolute Gasteiger partial charge is 0.381 e. The number of benzene rings is 1. The fraction of sp³-hybridized carbons (Fsp3) is 0.348. The van der Waals surface area contributed by atoms with Crippen LogP contribution in [0.3, 0.4) is 0 Å². The second kappa shape index (κ2) is 10.0.